The van der Waals surface area contributed by atoms with E-state index in [0.717, 1.165) is 11.4 Å². The number of aromatic nitrogens is 1. The van der Waals surface area contributed by atoms with Gasteiger partial charge in [-0.1, -0.05) is 0 Å². The van der Waals surface area contributed by atoms with Gasteiger partial charge in [-0.05, 0) is 36.4 Å². The van der Waals surface area contributed by atoms with Gasteiger partial charge in [-0.15, -0.1) is 0 Å². The van der Waals surface area contributed by atoms with Crippen LogP contribution in [0.15, 0.2) is 59.3 Å². The van der Waals surface area contributed by atoms with Crippen molar-refractivity contribution in [1.29, 1.82) is 0 Å². The number of furan rings is 1. The number of pyridine rings is 1. The maximum absolute atomic E-state index is 12.4. The quantitative estimate of drug-likeness (QED) is 0.675. The van der Waals surface area contributed by atoms with Gasteiger partial charge in [-0.2, -0.15) is 0 Å². The number of methoxy groups -OCH3 is 2. The molecule has 7 heteroatoms. The van der Waals surface area contributed by atoms with Gasteiger partial charge >= 0.3 is 0 Å². The number of rotatable bonds is 7. The molecule has 0 saturated heterocycles. The molecule has 2 heterocycles. The zero-order valence-corrected chi connectivity index (χ0v) is 14.5. The summed E-state index contributed by atoms with van der Waals surface area (Å²) in [5, 5.41) is 5.96. The first kappa shape index (κ1) is 17.3. The molecule has 1 amide bonds. The Kier molecular flexibility index (Phi) is 5.38. The molecule has 2 aromatic heterocycles. The van der Waals surface area contributed by atoms with E-state index in [2.05, 4.69) is 15.6 Å². The number of carbonyl (C=O) groups is 1. The Labute approximate surface area is 151 Å². The molecular weight excluding hydrogens is 334 g/mol. The molecule has 3 aromatic rings. The average molecular weight is 353 g/mol. The number of nitrogens with zero attached hydrogens (tertiary/aromatic N) is 1. The fourth-order valence-electron chi connectivity index (χ4n) is 2.32. The number of ether oxygens (including phenoxy) is 2. The second-order valence-electron chi connectivity index (χ2n) is 5.39. The summed E-state index contributed by atoms with van der Waals surface area (Å²) in [6.07, 6.45) is 3.22. The minimum atomic E-state index is -0.328. The normalized spacial score (nSPS) is 10.2. The summed E-state index contributed by atoms with van der Waals surface area (Å²) >= 11 is 0. The van der Waals surface area contributed by atoms with Crippen molar-refractivity contribution in [3.8, 4) is 11.5 Å². The van der Waals surface area contributed by atoms with E-state index in [1.807, 2.05) is 12.1 Å². The molecule has 0 aliphatic heterocycles. The maximum Gasteiger partial charge on any atom is 0.274 e. The van der Waals surface area contributed by atoms with Crippen LogP contribution < -0.4 is 20.1 Å². The Morgan fingerprint density at radius 2 is 2.04 bits per heavy atom. The summed E-state index contributed by atoms with van der Waals surface area (Å²) in [5.74, 6) is 1.64. The van der Waals surface area contributed by atoms with Crippen LogP contribution in [0, 0.1) is 0 Å². The van der Waals surface area contributed by atoms with Gasteiger partial charge in [0, 0.05) is 6.07 Å². The lowest BCUT2D eigenvalue weighted by Gasteiger charge is -2.11. The summed E-state index contributed by atoms with van der Waals surface area (Å²) in [5.41, 5.74) is 1.63. The number of hydrogen-bond donors (Lipinski definition) is 2. The third kappa shape index (κ3) is 4.13. The van der Waals surface area contributed by atoms with Crippen LogP contribution in [-0.2, 0) is 6.54 Å². The van der Waals surface area contributed by atoms with Gasteiger partial charge in [-0.25, -0.2) is 4.98 Å². The lowest BCUT2D eigenvalue weighted by Crippen LogP contribution is -2.14. The predicted octanol–water partition coefficient (Wildman–Crippen LogP) is 3.56. The molecule has 0 aliphatic carbocycles. The fraction of sp³-hybridized carbons (Fsp3) is 0.158. The number of benzene rings is 1. The molecule has 26 heavy (non-hydrogen) atoms. The molecule has 0 aliphatic rings. The van der Waals surface area contributed by atoms with Gasteiger partial charge in [0.05, 0.1) is 44.6 Å². The van der Waals surface area contributed by atoms with Crippen LogP contribution in [0.25, 0.3) is 0 Å². The standard InChI is InChI=1S/C19H19N3O4/c1-24-14-6-8-16(18(10-14)25-2)22-19(23)17-7-5-13(11-21-17)20-12-15-4-3-9-26-15/h3-11,20H,12H2,1-2H3,(H,22,23). The highest BCUT2D eigenvalue weighted by atomic mass is 16.5. The molecular formula is C19H19N3O4. The molecule has 3 rings (SSSR count). The number of amides is 1. The number of carbonyl (C=O) groups excluding carboxylic acids is 1. The van der Waals surface area contributed by atoms with Crippen LogP contribution >= 0.6 is 0 Å². The van der Waals surface area contributed by atoms with E-state index in [1.54, 1.807) is 49.9 Å². The van der Waals surface area contributed by atoms with E-state index in [0.29, 0.717) is 29.4 Å². The Hall–Kier alpha value is -3.48. The Morgan fingerprint density at radius 1 is 1.15 bits per heavy atom. The van der Waals surface area contributed by atoms with E-state index >= 15 is 0 Å². The van der Waals surface area contributed by atoms with Crippen LogP contribution in [0.1, 0.15) is 16.2 Å². The summed E-state index contributed by atoms with van der Waals surface area (Å²) in [4.78, 5) is 16.6. The molecule has 0 saturated carbocycles. The van der Waals surface area contributed by atoms with Gasteiger partial charge in [-0.3, -0.25) is 4.79 Å². The number of anilines is 2. The Morgan fingerprint density at radius 3 is 2.69 bits per heavy atom. The minimum Gasteiger partial charge on any atom is -0.497 e. The monoisotopic (exact) mass is 353 g/mol. The molecule has 0 fully saturated rings. The van der Waals surface area contributed by atoms with Crippen molar-refractivity contribution in [2.75, 3.05) is 24.9 Å². The summed E-state index contributed by atoms with van der Waals surface area (Å²) in [7, 11) is 3.10. The van der Waals surface area contributed by atoms with Crippen molar-refractivity contribution < 1.29 is 18.7 Å². The van der Waals surface area contributed by atoms with Gasteiger partial charge < -0.3 is 24.5 Å². The van der Waals surface area contributed by atoms with Gasteiger partial charge in [0.15, 0.2) is 0 Å². The van der Waals surface area contributed by atoms with E-state index < -0.39 is 0 Å². The largest absolute Gasteiger partial charge is 0.497 e. The Balaban J connectivity index is 1.64. The topological polar surface area (TPSA) is 85.6 Å². The second kappa shape index (κ2) is 8.06. The molecule has 0 radical (unpaired) electrons. The van der Waals surface area contributed by atoms with E-state index in [9.17, 15) is 4.79 Å². The first-order valence-corrected chi connectivity index (χ1v) is 7.95. The van der Waals surface area contributed by atoms with E-state index in [-0.39, 0.29) is 5.91 Å². The lowest BCUT2D eigenvalue weighted by atomic mass is 10.2. The van der Waals surface area contributed by atoms with Gasteiger partial charge in [0.1, 0.15) is 23.0 Å². The van der Waals surface area contributed by atoms with Crippen LogP contribution in [0.4, 0.5) is 11.4 Å². The lowest BCUT2D eigenvalue weighted by molar-refractivity contribution is 0.102. The number of nitrogens with one attached hydrogen (secondary N) is 2. The molecule has 2 N–H and O–H groups in total. The first-order chi connectivity index (χ1) is 12.7. The molecule has 134 valence electrons. The summed E-state index contributed by atoms with van der Waals surface area (Å²) < 4.78 is 15.7. The maximum atomic E-state index is 12.4. The van der Waals surface area contributed by atoms with Crippen LogP contribution in [0.5, 0.6) is 11.5 Å². The van der Waals surface area contributed by atoms with Crippen molar-refractivity contribution in [2.45, 2.75) is 6.54 Å². The highest BCUT2D eigenvalue weighted by molar-refractivity contribution is 6.03. The van der Waals surface area contributed by atoms with E-state index in [4.69, 9.17) is 13.9 Å². The zero-order valence-electron chi connectivity index (χ0n) is 14.5. The first-order valence-electron chi connectivity index (χ1n) is 7.95. The van der Waals surface area contributed by atoms with Crippen LogP contribution in [-0.4, -0.2) is 25.1 Å². The second-order valence-corrected chi connectivity index (χ2v) is 5.39. The third-order valence-electron chi connectivity index (χ3n) is 3.70. The summed E-state index contributed by atoms with van der Waals surface area (Å²) in [6.45, 7) is 0.545. The van der Waals surface area contributed by atoms with Gasteiger partial charge in [0.2, 0.25) is 0 Å². The molecule has 1 aromatic carbocycles. The van der Waals surface area contributed by atoms with Crippen molar-refractivity contribution >= 4 is 17.3 Å². The van der Waals surface area contributed by atoms with Crippen molar-refractivity contribution in [3.63, 3.8) is 0 Å². The number of hydrogen-bond acceptors (Lipinski definition) is 6. The molecule has 0 unspecified atom stereocenters. The van der Waals surface area contributed by atoms with Crippen LogP contribution in [0.2, 0.25) is 0 Å². The molecule has 0 atom stereocenters. The average Bonchev–Trinajstić information content (AvgIpc) is 3.20. The van der Waals surface area contributed by atoms with Crippen LogP contribution in [0.3, 0.4) is 0 Å². The zero-order chi connectivity index (χ0) is 18.4. The highest BCUT2D eigenvalue weighted by Crippen LogP contribution is 2.29. The van der Waals surface area contributed by atoms with E-state index in [1.165, 1.54) is 7.11 Å². The fourth-order valence-corrected chi connectivity index (χ4v) is 2.32. The van der Waals surface area contributed by atoms with Gasteiger partial charge in [0.25, 0.3) is 5.91 Å². The third-order valence-corrected chi connectivity index (χ3v) is 3.70. The molecule has 0 bridgehead atoms. The molecule has 0 spiro atoms. The predicted molar refractivity (Wildman–Crippen MR) is 97.8 cm³/mol. The van der Waals surface area contributed by atoms with Crippen molar-refractivity contribution in [3.05, 3.63) is 66.4 Å². The smallest absolute Gasteiger partial charge is 0.274 e. The van der Waals surface area contributed by atoms with Crippen molar-refractivity contribution in [1.82, 2.24) is 4.98 Å². The van der Waals surface area contributed by atoms with Crippen molar-refractivity contribution in [2.24, 2.45) is 0 Å². The molecule has 7 nitrogen and oxygen atoms in total. The summed E-state index contributed by atoms with van der Waals surface area (Å²) in [6, 6.07) is 12.3. The minimum absolute atomic E-state index is 0.298. The Bertz CT molecular complexity index is 861. The SMILES string of the molecule is COc1ccc(NC(=O)c2ccc(NCc3ccco3)cn2)c(OC)c1. The highest BCUT2D eigenvalue weighted by Gasteiger charge is 2.12.